The number of carbonyl (C=O) groups excluding carboxylic acids is 1. The predicted molar refractivity (Wildman–Crippen MR) is 166 cm³/mol. The van der Waals surface area contributed by atoms with E-state index >= 15 is 0 Å². The van der Waals surface area contributed by atoms with Crippen molar-refractivity contribution in [3.8, 4) is 11.6 Å². The number of aromatic nitrogens is 2. The summed E-state index contributed by atoms with van der Waals surface area (Å²) < 4.78 is 53.7. The first-order valence-corrected chi connectivity index (χ1v) is 15.8. The van der Waals surface area contributed by atoms with E-state index in [1.807, 2.05) is 0 Å². The number of rotatable bonds is 9. The molecule has 0 saturated heterocycles. The molecule has 1 N–H and O–H groups in total. The molecule has 1 aromatic carbocycles. The molecule has 2 saturated carbocycles. The molecule has 3 aromatic rings. The zero-order valence-corrected chi connectivity index (χ0v) is 26.3. The van der Waals surface area contributed by atoms with Gasteiger partial charge < -0.3 is 19.5 Å². The lowest BCUT2D eigenvalue weighted by molar-refractivity contribution is -0.139. The molecule has 246 valence electrons. The van der Waals surface area contributed by atoms with Crippen molar-refractivity contribution < 1.29 is 37.3 Å². The summed E-state index contributed by atoms with van der Waals surface area (Å²) in [5, 5.41) is 10.3. The van der Waals surface area contributed by atoms with Crippen LogP contribution in [0.3, 0.4) is 0 Å². The first-order chi connectivity index (χ1) is 21.9. The number of carboxylic acids is 1. The molecule has 2 aromatic heterocycles. The summed E-state index contributed by atoms with van der Waals surface area (Å²) in [6, 6.07) is 10.1. The summed E-state index contributed by atoms with van der Waals surface area (Å²) >= 11 is 0. The van der Waals surface area contributed by atoms with Crippen LogP contribution in [0.5, 0.6) is 11.6 Å². The zero-order chi connectivity index (χ0) is 33.0. The van der Waals surface area contributed by atoms with Gasteiger partial charge in [-0.25, -0.2) is 9.78 Å². The van der Waals surface area contributed by atoms with Crippen LogP contribution in [0, 0.1) is 18.8 Å². The van der Waals surface area contributed by atoms with Gasteiger partial charge in [-0.3, -0.25) is 9.78 Å². The Kier molecular flexibility index (Phi) is 10.3. The van der Waals surface area contributed by atoms with Gasteiger partial charge in [-0.1, -0.05) is 13.0 Å². The SMILES string of the molecule is COC1CCC(N(C(=O)C2CCC(C)CC2)c2ccc(Oc3ncc(Cc4cccc(C)n4)cc3C(F)(F)F)cc2C(=O)O)CC1. The molecule has 0 radical (unpaired) electrons. The van der Waals surface area contributed by atoms with Crippen molar-refractivity contribution in [1.82, 2.24) is 9.97 Å². The second kappa shape index (κ2) is 14.2. The van der Waals surface area contributed by atoms with E-state index in [9.17, 15) is 27.9 Å². The molecule has 0 aliphatic heterocycles. The van der Waals surface area contributed by atoms with Crippen molar-refractivity contribution in [1.29, 1.82) is 0 Å². The summed E-state index contributed by atoms with van der Waals surface area (Å²) in [4.78, 5) is 36.7. The molecule has 8 nitrogen and oxygen atoms in total. The second-order valence-electron chi connectivity index (χ2n) is 12.6. The largest absolute Gasteiger partial charge is 0.478 e. The normalized spacial score (nSPS) is 21.9. The molecule has 0 atom stereocenters. The second-order valence-corrected chi connectivity index (χ2v) is 12.6. The summed E-state index contributed by atoms with van der Waals surface area (Å²) in [7, 11) is 1.66. The van der Waals surface area contributed by atoms with Gasteiger partial charge in [0.15, 0.2) is 0 Å². The Balaban J connectivity index is 1.46. The van der Waals surface area contributed by atoms with E-state index in [1.165, 1.54) is 24.4 Å². The standard InChI is InChI=1S/C35H40F3N3O5/c1-21-7-9-24(10-8-21)33(42)41(26-11-13-27(45-3)14-12-26)31-16-15-28(19-29(31)34(43)44)46-32-30(35(36,37)38)18-23(20-39-32)17-25-6-4-5-22(2)40-25/h4-6,15-16,18-21,24,26-27H,7-14,17H2,1-3H3,(H,43,44). The van der Waals surface area contributed by atoms with Crippen LogP contribution in [0.25, 0.3) is 0 Å². The molecule has 2 aliphatic carbocycles. The summed E-state index contributed by atoms with van der Waals surface area (Å²) in [5.41, 5.74) is 0.554. The van der Waals surface area contributed by atoms with Gasteiger partial charge in [-0.15, -0.1) is 0 Å². The Morgan fingerprint density at radius 2 is 1.72 bits per heavy atom. The van der Waals surface area contributed by atoms with Crippen LogP contribution in [0.15, 0.2) is 48.7 Å². The maximum Gasteiger partial charge on any atom is 0.421 e. The number of carbonyl (C=O) groups is 2. The lowest BCUT2D eigenvalue weighted by Crippen LogP contribution is -2.47. The minimum atomic E-state index is -4.78. The van der Waals surface area contributed by atoms with Crippen molar-refractivity contribution in [3.05, 3.63) is 76.7 Å². The number of amides is 1. The van der Waals surface area contributed by atoms with Crippen LogP contribution in [0.4, 0.5) is 18.9 Å². The molecule has 11 heteroatoms. The van der Waals surface area contributed by atoms with Crippen molar-refractivity contribution in [2.24, 2.45) is 11.8 Å². The highest BCUT2D eigenvalue weighted by Crippen LogP contribution is 2.40. The first kappa shape index (κ1) is 33.4. The fourth-order valence-electron chi connectivity index (χ4n) is 6.59. The fourth-order valence-corrected chi connectivity index (χ4v) is 6.59. The molecule has 1 amide bonds. The molecule has 46 heavy (non-hydrogen) atoms. The minimum Gasteiger partial charge on any atom is -0.478 e. The zero-order valence-electron chi connectivity index (χ0n) is 26.3. The Morgan fingerprint density at radius 1 is 1.00 bits per heavy atom. The van der Waals surface area contributed by atoms with Crippen LogP contribution in [0.2, 0.25) is 0 Å². The number of pyridine rings is 2. The first-order valence-electron chi connectivity index (χ1n) is 15.8. The molecular formula is C35H40F3N3O5. The quantitative estimate of drug-likeness (QED) is 0.253. The Morgan fingerprint density at radius 3 is 2.35 bits per heavy atom. The van der Waals surface area contributed by atoms with Crippen molar-refractivity contribution in [3.63, 3.8) is 0 Å². The number of halogens is 3. The predicted octanol–water partition coefficient (Wildman–Crippen LogP) is 8.00. The van der Waals surface area contributed by atoms with E-state index in [0.717, 1.165) is 50.3 Å². The van der Waals surface area contributed by atoms with Gasteiger partial charge in [-0.05, 0) is 106 Å². The van der Waals surface area contributed by atoms with Crippen LogP contribution in [-0.4, -0.2) is 46.2 Å². The Hall–Kier alpha value is -3.99. The third-order valence-corrected chi connectivity index (χ3v) is 9.16. The topological polar surface area (TPSA) is 102 Å². The Labute approximate surface area is 267 Å². The van der Waals surface area contributed by atoms with Gasteiger partial charge in [-0.2, -0.15) is 13.2 Å². The van der Waals surface area contributed by atoms with Crippen molar-refractivity contribution >= 4 is 17.6 Å². The Bertz CT molecular complexity index is 1550. The fraction of sp³-hybridized carbons (Fsp3) is 0.486. The minimum absolute atomic E-state index is 0.0771. The maximum atomic E-state index is 14.2. The number of carboxylic acid groups (broad SMARTS) is 1. The highest BCUT2D eigenvalue weighted by atomic mass is 19.4. The number of alkyl halides is 3. The number of nitrogens with zero attached hydrogens (tertiary/aromatic N) is 3. The van der Waals surface area contributed by atoms with Gasteiger partial charge in [0, 0.05) is 43.1 Å². The van der Waals surface area contributed by atoms with E-state index in [4.69, 9.17) is 9.47 Å². The number of aryl methyl sites for hydroxylation is 1. The molecule has 2 heterocycles. The number of aromatic carboxylic acids is 1. The molecule has 5 rings (SSSR count). The molecule has 0 bridgehead atoms. The van der Waals surface area contributed by atoms with E-state index in [2.05, 4.69) is 16.9 Å². The highest BCUT2D eigenvalue weighted by Gasteiger charge is 2.38. The molecular weight excluding hydrogens is 599 g/mol. The smallest absolute Gasteiger partial charge is 0.421 e. The molecule has 0 spiro atoms. The van der Waals surface area contributed by atoms with Crippen LogP contribution < -0.4 is 9.64 Å². The average Bonchev–Trinajstić information content (AvgIpc) is 3.02. The third-order valence-electron chi connectivity index (χ3n) is 9.16. The number of methoxy groups -OCH3 is 1. The van der Waals surface area contributed by atoms with E-state index in [-0.39, 0.29) is 47.4 Å². The van der Waals surface area contributed by atoms with Gasteiger partial charge in [0.05, 0.1) is 17.4 Å². The van der Waals surface area contributed by atoms with Gasteiger partial charge in [0.25, 0.3) is 0 Å². The summed E-state index contributed by atoms with van der Waals surface area (Å²) in [5.74, 6) is -1.94. The van der Waals surface area contributed by atoms with Gasteiger partial charge in [0.2, 0.25) is 11.8 Å². The van der Waals surface area contributed by atoms with Crippen molar-refractivity contribution in [2.45, 2.75) is 90.0 Å². The highest BCUT2D eigenvalue weighted by molar-refractivity contribution is 6.03. The van der Waals surface area contributed by atoms with Gasteiger partial charge >= 0.3 is 12.1 Å². The van der Waals surface area contributed by atoms with Crippen LogP contribution in [0.1, 0.15) is 91.2 Å². The number of hydrogen-bond donors (Lipinski definition) is 1. The van der Waals surface area contributed by atoms with Crippen molar-refractivity contribution in [2.75, 3.05) is 12.0 Å². The van der Waals surface area contributed by atoms with E-state index in [0.29, 0.717) is 30.0 Å². The number of anilines is 1. The lowest BCUT2D eigenvalue weighted by atomic mass is 9.81. The number of ether oxygens (including phenoxy) is 2. The maximum absolute atomic E-state index is 14.2. The van der Waals surface area contributed by atoms with Crippen LogP contribution >= 0.6 is 0 Å². The monoisotopic (exact) mass is 639 g/mol. The van der Waals surface area contributed by atoms with Crippen LogP contribution in [-0.2, 0) is 22.1 Å². The molecule has 2 aliphatic rings. The summed E-state index contributed by atoms with van der Waals surface area (Å²) in [6.45, 7) is 3.97. The summed E-state index contributed by atoms with van der Waals surface area (Å²) in [6.07, 6.45) is 2.81. The number of hydrogen-bond acceptors (Lipinski definition) is 6. The lowest BCUT2D eigenvalue weighted by Gasteiger charge is -2.40. The molecule has 2 fully saturated rings. The third kappa shape index (κ3) is 7.86. The van der Waals surface area contributed by atoms with E-state index in [1.54, 1.807) is 37.1 Å². The number of benzene rings is 1. The van der Waals surface area contributed by atoms with E-state index < -0.39 is 23.6 Å². The average molecular weight is 640 g/mol. The molecule has 0 unspecified atom stereocenters. The van der Waals surface area contributed by atoms with Gasteiger partial charge in [0.1, 0.15) is 11.3 Å².